The summed E-state index contributed by atoms with van der Waals surface area (Å²) in [4.78, 5) is 22.2. The summed E-state index contributed by atoms with van der Waals surface area (Å²) in [7, 11) is 0. The topological polar surface area (TPSA) is 45.1 Å². The van der Waals surface area contributed by atoms with Crippen molar-refractivity contribution in [3.05, 3.63) is 70.1 Å². The van der Waals surface area contributed by atoms with Gasteiger partial charge in [-0.25, -0.2) is 0 Å². The highest BCUT2D eigenvalue weighted by Crippen LogP contribution is 2.33. The molecular formula is C24H25N3O2S. The van der Waals surface area contributed by atoms with Crippen LogP contribution < -0.4 is 4.74 Å². The number of amides is 1. The van der Waals surface area contributed by atoms with E-state index in [2.05, 4.69) is 58.1 Å². The number of benzene rings is 2. The second-order valence-electron chi connectivity index (χ2n) is 8.06. The fourth-order valence-electron chi connectivity index (χ4n) is 4.16. The summed E-state index contributed by atoms with van der Waals surface area (Å²) < 4.78 is 5.77. The minimum Gasteiger partial charge on any atom is -0.490 e. The highest BCUT2D eigenvalue weighted by molar-refractivity contribution is 8.18. The number of fused-ring (bicyclic) bond motifs is 1. The van der Waals surface area contributed by atoms with Crippen molar-refractivity contribution >= 4 is 28.9 Å². The van der Waals surface area contributed by atoms with Gasteiger partial charge in [0.05, 0.1) is 4.91 Å². The molecule has 3 aliphatic heterocycles. The Balaban J connectivity index is 1.20. The second-order valence-corrected chi connectivity index (χ2v) is 9.07. The summed E-state index contributed by atoms with van der Waals surface area (Å²) in [6.07, 6.45) is 3.10. The smallest absolute Gasteiger partial charge is 0.286 e. The van der Waals surface area contributed by atoms with Crippen molar-refractivity contribution in [2.24, 2.45) is 4.99 Å². The number of carbonyl (C=O) groups is 1. The molecule has 1 unspecified atom stereocenters. The van der Waals surface area contributed by atoms with E-state index in [0.717, 1.165) is 55.6 Å². The normalized spacial score (nSPS) is 22.9. The highest BCUT2D eigenvalue weighted by atomic mass is 32.2. The van der Waals surface area contributed by atoms with Crippen molar-refractivity contribution < 1.29 is 9.53 Å². The molecular weight excluding hydrogens is 394 g/mol. The van der Waals surface area contributed by atoms with Crippen LogP contribution in [0, 0.1) is 0 Å². The molecule has 5 rings (SSSR count). The Kier molecular flexibility index (Phi) is 5.35. The van der Waals surface area contributed by atoms with Crippen LogP contribution in [0.3, 0.4) is 0 Å². The number of ether oxygens (including phenoxy) is 1. The fraction of sp³-hybridized carbons (Fsp3) is 0.333. The molecule has 2 aromatic carbocycles. The standard InChI is InChI=1S/C24H25N3O2S/c1-17-13-20-14-19(7-8-21(20)29-17)15-22-23(28)25-24(30-22)27-11-9-26(10-12-27)16-18-5-3-2-4-6-18/h2-8,14-15,17H,9-13,16H2,1H3/b22-15-. The summed E-state index contributed by atoms with van der Waals surface area (Å²) in [6, 6.07) is 16.7. The Morgan fingerprint density at radius 2 is 1.93 bits per heavy atom. The van der Waals surface area contributed by atoms with Gasteiger partial charge in [-0.05, 0) is 53.6 Å². The number of thioether (sulfide) groups is 1. The van der Waals surface area contributed by atoms with Gasteiger partial charge in [0.15, 0.2) is 5.17 Å². The number of rotatable bonds is 3. The lowest BCUT2D eigenvalue weighted by Gasteiger charge is -2.35. The Bertz CT molecular complexity index is 1010. The van der Waals surface area contributed by atoms with Crippen molar-refractivity contribution in [2.45, 2.75) is 26.0 Å². The van der Waals surface area contributed by atoms with Gasteiger partial charge >= 0.3 is 0 Å². The van der Waals surface area contributed by atoms with E-state index in [1.807, 2.05) is 18.2 Å². The van der Waals surface area contributed by atoms with Gasteiger partial charge in [-0.2, -0.15) is 4.99 Å². The van der Waals surface area contributed by atoms with Gasteiger partial charge in [-0.15, -0.1) is 0 Å². The predicted octanol–water partition coefficient (Wildman–Crippen LogP) is 3.80. The zero-order chi connectivity index (χ0) is 20.5. The van der Waals surface area contributed by atoms with Crippen LogP contribution in [0.2, 0.25) is 0 Å². The van der Waals surface area contributed by atoms with E-state index < -0.39 is 0 Å². The maximum Gasteiger partial charge on any atom is 0.286 e. The lowest BCUT2D eigenvalue weighted by molar-refractivity contribution is -0.113. The number of amidine groups is 1. The lowest BCUT2D eigenvalue weighted by Crippen LogP contribution is -2.47. The number of hydrogen-bond donors (Lipinski definition) is 0. The predicted molar refractivity (Wildman–Crippen MR) is 122 cm³/mol. The molecule has 6 heteroatoms. The maximum atomic E-state index is 12.5. The van der Waals surface area contributed by atoms with Gasteiger partial charge in [-0.1, -0.05) is 36.4 Å². The average Bonchev–Trinajstić information content (AvgIpc) is 3.30. The van der Waals surface area contributed by atoms with Crippen molar-refractivity contribution in [3.63, 3.8) is 0 Å². The minimum absolute atomic E-state index is 0.133. The monoisotopic (exact) mass is 419 g/mol. The van der Waals surface area contributed by atoms with Gasteiger partial charge in [0, 0.05) is 39.1 Å². The first kappa shape index (κ1) is 19.4. The highest BCUT2D eigenvalue weighted by Gasteiger charge is 2.28. The molecule has 0 aliphatic carbocycles. The molecule has 3 aliphatic rings. The molecule has 2 aromatic rings. The van der Waals surface area contributed by atoms with Crippen LogP contribution in [-0.4, -0.2) is 53.2 Å². The third-order valence-electron chi connectivity index (χ3n) is 5.72. The number of piperazine rings is 1. The largest absolute Gasteiger partial charge is 0.490 e. The molecule has 1 atom stereocenters. The van der Waals surface area contributed by atoms with Crippen LogP contribution in [0.25, 0.3) is 6.08 Å². The number of hydrogen-bond acceptors (Lipinski definition) is 5. The van der Waals surface area contributed by atoms with Gasteiger partial charge in [0.1, 0.15) is 11.9 Å². The first-order valence-corrected chi connectivity index (χ1v) is 11.3. The SMILES string of the molecule is CC1Cc2cc(/C=C3\SC(N4CCN(Cc5ccccc5)CC4)=NC3=O)ccc2O1. The second kappa shape index (κ2) is 8.28. The molecule has 0 bridgehead atoms. The van der Waals surface area contributed by atoms with Crippen molar-refractivity contribution in [1.29, 1.82) is 0 Å². The quantitative estimate of drug-likeness (QED) is 0.708. The summed E-state index contributed by atoms with van der Waals surface area (Å²) in [5.41, 5.74) is 3.59. The van der Waals surface area contributed by atoms with E-state index >= 15 is 0 Å². The van der Waals surface area contributed by atoms with Crippen LogP contribution in [0.4, 0.5) is 0 Å². The Labute approximate surface area is 181 Å². The maximum absolute atomic E-state index is 12.5. The van der Waals surface area contributed by atoms with Gasteiger partial charge in [0.25, 0.3) is 5.91 Å². The Morgan fingerprint density at radius 3 is 2.73 bits per heavy atom. The average molecular weight is 420 g/mol. The first-order valence-electron chi connectivity index (χ1n) is 10.5. The van der Waals surface area contributed by atoms with E-state index in [-0.39, 0.29) is 12.0 Å². The van der Waals surface area contributed by atoms with Crippen molar-refractivity contribution in [1.82, 2.24) is 9.80 Å². The van der Waals surface area contributed by atoms with E-state index in [0.29, 0.717) is 4.91 Å². The molecule has 0 radical (unpaired) electrons. The number of aliphatic imine (C=N–C) groups is 1. The molecule has 1 amide bonds. The van der Waals surface area contributed by atoms with Gasteiger partial charge in [-0.3, -0.25) is 9.69 Å². The molecule has 30 heavy (non-hydrogen) atoms. The molecule has 3 heterocycles. The summed E-state index contributed by atoms with van der Waals surface area (Å²) in [5.74, 6) is 0.826. The summed E-state index contributed by atoms with van der Waals surface area (Å²) >= 11 is 1.50. The molecule has 0 saturated carbocycles. The van der Waals surface area contributed by atoms with E-state index in [1.165, 1.54) is 22.9 Å². The number of nitrogens with zero attached hydrogens (tertiary/aromatic N) is 3. The van der Waals surface area contributed by atoms with Gasteiger partial charge < -0.3 is 9.64 Å². The first-order chi connectivity index (χ1) is 14.6. The summed E-state index contributed by atoms with van der Waals surface area (Å²) in [6.45, 7) is 6.79. The molecule has 0 aromatic heterocycles. The molecule has 1 saturated heterocycles. The van der Waals surface area contributed by atoms with Crippen LogP contribution in [0.15, 0.2) is 58.4 Å². The zero-order valence-electron chi connectivity index (χ0n) is 17.1. The molecule has 0 spiro atoms. The zero-order valence-corrected chi connectivity index (χ0v) is 17.9. The fourth-order valence-corrected chi connectivity index (χ4v) is 5.12. The van der Waals surface area contributed by atoms with Crippen LogP contribution in [-0.2, 0) is 17.8 Å². The third kappa shape index (κ3) is 4.16. The molecule has 1 fully saturated rings. The third-order valence-corrected chi connectivity index (χ3v) is 6.76. The molecule has 154 valence electrons. The van der Waals surface area contributed by atoms with Crippen molar-refractivity contribution in [2.75, 3.05) is 26.2 Å². The van der Waals surface area contributed by atoms with E-state index in [1.54, 1.807) is 0 Å². The molecule has 0 N–H and O–H groups in total. The van der Waals surface area contributed by atoms with Crippen LogP contribution in [0.1, 0.15) is 23.6 Å². The Morgan fingerprint density at radius 1 is 1.13 bits per heavy atom. The number of carbonyl (C=O) groups excluding carboxylic acids is 1. The van der Waals surface area contributed by atoms with E-state index in [9.17, 15) is 4.79 Å². The summed E-state index contributed by atoms with van der Waals surface area (Å²) in [5, 5.41) is 0.837. The van der Waals surface area contributed by atoms with Crippen molar-refractivity contribution in [3.8, 4) is 5.75 Å². The van der Waals surface area contributed by atoms with Crippen LogP contribution >= 0.6 is 11.8 Å². The van der Waals surface area contributed by atoms with Crippen LogP contribution in [0.5, 0.6) is 5.75 Å². The van der Waals surface area contributed by atoms with E-state index in [4.69, 9.17) is 4.74 Å². The molecule has 5 nitrogen and oxygen atoms in total. The lowest BCUT2D eigenvalue weighted by atomic mass is 10.1. The Hall–Kier alpha value is -2.57. The van der Waals surface area contributed by atoms with Gasteiger partial charge in [0.2, 0.25) is 0 Å². The minimum atomic E-state index is -0.133.